The molecule has 0 spiro atoms. The molecule has 0 aromatic heterocycles. The van der Waals surface area contributed by atoms with E-state index in [4.69, 9.17) is 23.2 Å². The Balaban J connectivity index is 1.68. The van der Waals surface area contributed by atoms with Gasteiger partial charge < -0.3 is 10.2 Å². The third kappa shape index (κ3) is 7.82. The maximum Gasteiger partial charge on any atom is 0.264 e. The van der Waals surface area contributed by atoms with E-state index in [9.17, 15) is 22.4 Å². The van der Waals surface area contributed by atoms with E-state index < -0.39 is 34.3 Å². The first-order chi connectivity index (χ1) is 20.0. The van der Waals surface area contributed by atoms with Crippen molar-refractivity contribution in [2.24, 2.45) is 0 Å². The molecule has 2 amide bonds. The highest BCUT2D eigenvalue weighted by atomic mass is 35.5. The molecule has 11 heteroatoms. The summed E-state index contributed by atoms with van der Waals surface area (Å²) in [5.74, 6) is -1.50. The topological polar surface area (TPSA) is 86.8 Å². The normalized spacial score (nSPS) is 14.7. The van der Waals surface area contributed by atoms with Crippen molar-refractivity contribution < 1.29 is 22.4 Å². The van der Waals surface area contributed by atoms with Crippen molar-refractivity contribution in [2.45, 2.75) is 69.5 Å². The summed E-state index contributed by atoms with van der Waals surface area (Å²) in [5, 5.41) is 3.70. The average Bonchev–Trinajstić information content (AvgIpc) is 2.97. The van der Waals surface area contributed by atoms with Gasteiger partial charge in [-0.25, -0.2) is 12.8 Å². The number of hydrogen-bond donors (Lipinski definition) is 1. The molecule has 1 aliphatic carbocycles. The lowest BCUT2D eigenvalue weighted by molar-refractivity contribution is -0.139. The van der Waals surface area contributed by atoms with E-state index in [1.54, 1.807) is 49.4 Å². The molecule has 0 unspecified atom stereocenters. The predicted octanol–water partition coefficient (Wildman–Crippen LogP) is 6.50. The number of carbonyl (C=O) groups excluding carboxylic acids is 2. The predicted molar refractivity (Wildman–Crippen MR) is 164 cm³/mol. The Morgan fingerprint density at radius 3 is 2.21 bits per heavy atom. The minimum absolute atomic E-state index is 0.00664. The van der Waals surface area contributed by atoms with Crippen LogP contribution in [0.15, 0.2) is 71.6 Å². The first-order valence-corrected chi connectivity index (χ1v) is 16.0. The van der Waals surface area contributed by atoms with Crippen LogP contribution in [-0.2, 0) is 26.2 Å². The molecule has 1 atom stereocenters. The van der Waals surface area contributed by atoms with E-state index in [0.29, 0.717) is 15.6 Å². The van der Waals surface area contributed by atoms with Gasteiger partial charge in [0.15, 0.2) is 0 Å². The van der Waals surface area contributed by atoms with E-state index in [2.05, 4.69) is 5.32 Å². The van der Waals surface area contributed by atoms with Crippen LogP contribution in [0, 0.1) is 12.7 Å². The highest BCUT2D eigenvalue weighted by molar-refractivity contribution is 7.92. The van der Waals surface area contributed by atoms with E-state index in [1.165, 1.54) is 4.90 Å². The van der Waals surface area contributed by atoms with Crippen LogP contribution in [0.2, 0.25) is 10.0 Å². The number of rotatable bonds is 10. The number of anilines is 1. The number of nitrogens with zero attached hydrogens (tertiary/aromatic N) is 2. The molecule has 4 rings (SSSR count). The Morgan fingerprint density at radius 2 is 1.60 bits per heavy atom. The van der Waals surface area contributed by atoms with Gasteiger partial charge in [0.05, 0.1) is 20.6 Å². The molecule has 1 saturated carbocycles. The summed E-state index contributed by atoms with van der Waals surface area (Å²) in [6, 6.07) is 15.1. The summed E-state index contributed by atoms with van der Waals surface area (Å²) in [7, 11) is -4.29. The number of nitrogens with one attached hydrogen (secondary N) is 1. The van der Waals surface area contributed by atoms with Gasteiger partial charge in [-0.05, 0) is 80.8 Å². The van der Waals surface area contributed by atoms with Crippen molar-refractivity contribution >= 4 is 50.7 Å². The van der Waals surface area contributed by atoms with Crippen LogP contribution in [0.1, 0.15) is 50.2 Å². The number of halogens is 3. The Morgan fingerprint density at radius 1 is 0.952 bits per heavy atom. The van der Waals surface area contributed by atoms with Gasteiger partial charge in [-0.1, -0.05) is 66.2 Å². The van der Waals surface area contributed by atoms with E-state index >= 15 is 0 Å². The zero-order valence-corrected chi connectivity index (χ0v) is 25.9. The van der Waals surface area contributed by atoms with Gasteiger partial charge in [0.2, 0.25) is 11.8 Å². The number of amides is 2. The van der Waals surface area contributed by atoms with Crippen molar-refractivity contribution in [1.29, 1.82) is 0 Å². The molecule has 0 bridgehead atoms. The first kappa shape index (κ1) is 31.8. The summed E-state index contributed by atoms with van der Waals surface area (Å²) in [4.78, 5) is 28.6. The van der Waals surface area contributed by atoms with Crippen molar-refractivity contribution in [3.8, 4) is 0 Å². The summed E-state index contributed by atoms with van der Waals surface area (Å²) in [6.45, 7) is 2.88. The first-order valence-electron chi connectivity index (χ1n) is 13.8. The lowest BCUT2D eigenvalue weighted by atomic mass is 9.95. The van der Waals surface area contributed by atoms with Gasteiger partial charge in [-0.15, -0.1) is 0 Å². The lowest BCUT2D eigenvalue weighted by Crippen LogP contribution is -2.53. The van der Waals surface area contributed by atoms with Crippen LogP contribution in [0.5, 0.6) is 0 Å². The van der Waals surface area contributed by atoms with Crippen LogP contribution in [-0.4, -0.2) is 43.8 Å². The van der Waals surface area contributed by atoms with Gasteiger partial charge in [-0.2, -0.15) is 0 Å². The lowest BCUT2D eigenvalue weighted by Gasteiger charge is -2.33. The molecule has 1 fully saturated rings. The molecule has 0 heterocycles. The fraction of sp³-hybridized carbons (Fsp3) is 0.355. The van der Waals surface area contributed by atoms with Gasteiger partial charge in [0.25, 0.3) is 10.0 Å². The third-order valence-electron chi connectivity index (χ3n) is 7.46. The smallest absolute Gasteiger partial charge is 0.264 e. The van der Waals surface area contributed by atoms with Crippen LogP contribution in [0.25, 0.3) is 0 Å². The SMILES string of the molecule is Cc1ccc(N(CC(=O)N(Cc2ccc(Cl)c(Cl)c2)[C@@H](C)C(=O)NC2CCCCC2)S(=O)(=O)c2ccc(F)cc2)cc1. The van der Waals surface area contributed by atoms with Crippen molar-refractivity contribution in [3.63, 3.8) is 0 Å². The Bertz CT molecular complexity index is 1510. The minimum atomic E-state index is -4.29. The van der Waals surface area contributed by atoms with Gasteiger partial charge in [-0.3, -0.25) is 13.9 Å². The standard InChI is InChI=1S/C31H34Cl2FN3O4S/c1-21-8-13-26(14-9-21)37(42(40,41)27-15-11-24(34)12-16-27)20-30(38)36(19-23-10-17-28(32)29(33)18-23)22(2)31(39)35-25-6-4-3-5-7-25/h8-18,22,25H,3-7,19-20H2,1-2H3,(H,35,39)/t22-/m0/s1. The average molecular weight is 635 g/mol. The molecular weight excluding hydrogens is 600 g/mol. The van der Waals surface area contributed by atoms with Crippen molar-refractivity contribution in [3.05, 3.63) is 93.7 Å². The third-order valence-corrected chi connectivity index (χ3v) is 9.99. The molecule has 0 aliphatic heterocycles. The van der Waals surface area contributed by atoms with Crippen LogP contribution < -0.4 is 9.62 Å². The highest BCUT2D eigenvalue weighted by Crippen LogP contribution is 2.27. The maximum absolute atomic E-state index is 14.0. The van der Waals surface area contributed by atoms with E-state index in [-0.39, 0.29) is 29.1 Å². The number of aryl methyl sites for hydroxylation is 1. The summed E-state index contributed by atoms with van der Waals surface area (Å²) < 4.78 is 42.2. The van der Waals surface area contributed by atoms with Gasteiger partial charge in [0, 0.05) is 12.6 Å². The molecule has 224 valence electrons. The van der Waals surface area contributed by atoms with Crippen molar-refractivity contribution in [1.82, 2.24) is 10.2 Å². The summed E-state index contributed by atoms with van der Waals surface area (Å²) in [5.41, 5.74) is 1.78. The summed E-state index contributed by atoms with van der Waals surface area (Å²) in [6.07, 6.45) is 4.92. The monoisotopic (exact) mass is 633 g/mol. The number of benzene rings is 3. The Labute approximate surface area is 256 Å². The van der Waals surface area contributed by atoms with E-state index in [0.717, 1.165) is 66.2 Å². The number of carbonyl (C=O) groups is 2. The fourth-order valence-corrected chi connectivity index (χ4v) is 6.69. The van der Waals surface area contributed by atoms with Gasteiger partial charge >= 0.3 is 0 Å². The summed E-state index contributed by atoms with van der Waals surface area (Å²) >= 11 is 12.3. The zero-order chi connectivity index (χ0) is 30.4. The molecule has 0 radical (unpaired) electrons. The van der Waals surface area contributed by atoms with Crippen LogP contribution >= 0.6 is 23.2 Å². The molecule has 0 saturated heterocycles. The second kappa shape index (κ2) is 13.9. The number of sulfonamides is 1. The fourth-order valence-electron chi connectivity index (χ4n) is 4.96. The Hall–Kier alpha value is -3.14. The molecular formula is C31H34Cl2FN3O4S. The largest absolute Gasteiger partial charge is 0.352 e. The molecule has 3 aromatic carbocycles. The molecule has 1 N–H and O–H groups in total. The maximum atomic E-state index is 14.0. The second-order valence-electron chi connectivity index (χ2n) is 10.6. The molecule has 7 nitrogen and oxygen atoms in total. The zero-order valence-electron chi connectivity index (χ0n) is 23.5. The van der Waals surface area contributed by atoms with Crippen molar-refractivity contribution in [2.75, 3.05) is 10.8 Å². The Kier molecular flexibility index (Phi) is 10.5. The van der Waals surface area contributed by atoms with Crippen LogP contribution in [0.3, 0.4) is 0 Å². The molecule has 3 aromatic rings. The number of hydrogen-bond acceptors (Lipinski definition) is 4. The van der Waals surface area contributed by atoms with E-state index in [1.807, 2.05) is 6.92 Å². The highest BCUT2D eigenvalue weighted by Gasteiger charge is 2.33. The van der Waals surface area contributed by atoms with Gasteiger partial charge in [0.1, 0.15) is 18.4 Å². The van der Waals surface area contributed by atoms with Crippen LogP contribution in [0.4, 0.5) is 10.1 Å². The minimum Gasteiger partial charge on any atom is -0.352 e. The molecule has 42 heavy (non-hydrogen) atoms. The quantitative estimate of drug-likeness (QED) is 0.276. The molecule has 1 aliphatic rings. The second-order valence-corrected chi connectivity index (χ2v) is 13.3.